The van der Waals surface area contributed by atoms with Crippen molar-refractivity contribution in [1.82, 2.24) is 25.7 Å². The van der Waals surface area contributed by atoms with Crippen LogP contribution in [0.3, 0.4) is 0 Å². The van der Waals surface area contributed by atoms with Gasteiger partial charge in [-0.2, -0.15) is 5.10 Å². The summed E-state index contributed by atoms with van der Waals surface area (Å²) in [5.41, 5.74) is 0.770. The molecule has 0 atom stereocenters. The molecule has 21 heavy (non-hydrogen) atoms. The molecule has 7 nitrogen and oxygen atoms in total. The van der Waals surface area contributed by atoms with Crippen LogP contribution in [-0.2, 0) is 6.54 Å². The Morgan fingerprint density at radius 1 is 1.33 bits per heavy atom. The zero-order valence-corrected chi connectivity index (χ0v) is 10.7. The Bertz CT molecular complexity index is 736. The van der Waals surface area contributed by atoms with Crippen LogP contribution in [0.15, 0.2) is 41.2 Å². The van der Waals surface area contributed by atoms with Crippen LogP contribution in [0, 0.1) is 5.82 Å². The molecular formula is C13H10FN5O2. The minimum Gasteiger partial charge on any atom is -0.355 e. The molecule has 8 heteroatoms. The van der Waals surface area contributed by atoms with Gasteiger partial charge in [-0.15, -0.1) is 0 Å². The van der Waals surface area contributed by atoms with E-state index in [0.29, 0.717) is 17.1 Å². The third kappa shape index (κ3) is 2.94. The standard InChI is InChI=1S/C13H10FN5O2/c14-9-3-1-8(2-4-9)11-5-10(19-21-11)13(20)15-6-12-16-7-17-18-12/h1-5,7H,6H2,(H,15,20)(H,16,17,18). The van der Waals surface area contributed by atoms with Gasteiger partial charge in [0.15, 0.2) is 11.5 Å². The van der Waals surface area contributed by atoms with Crippen molar-refractivity contribution >= 4 is 5.91 Å². The molecule has 0 aliphatic rings. The number of benzene rings is 1. The highest BCUT2D eigenvalue weighted by atomic mass is 19.1. The first kappa shape index (κ1) is 13.0. The SMILES string of the molecule is O=C(NCc1ncn[nH]1)c1cc(-c2ccc(F)cc2)on1. The number of carbonyl (C=O) groups is 1. The number of rotatable bonds is 4. The number of amides is 1. The lowest BCUT2D eigenvalue weighted by molar-refractivity contribution is 0.0941. The number of nitrogens with one attached hydrogen (secondary N) is 2. The van der Waals surface area contributed by atoms with Crippen molar-refractivity contribution in [1.29, 1.82) is 0 Å². The van der Waals surface area contributed by atoms with Crippen molar-refractivity contribution in [2.45, 2.75) is 6.54 Å². The molecule has 1 amide bonds. The summed E-state index contributed by atoms with van der Waals surface area (Å²) in [4.78, 5) is 15.8. The molecule has 0 aliphatic heterocycles. The lowest BCUT2D eigenvalue weighted by Crippen LogP contribution is -2.23. The quantitative estimate of drug-likeness (QED) is 0.758. The predicted molar refractivity (Wildman–Crippen MR) is 69.4 cm³/mol. The molecular weight excluding hydrogens is 277 g/mol. The van der Waals surface area contributed by atoms with Gasteiger partial charge in [-0.3, -0.25) is 9.89 Å². The van der Waals surface area contributed by atoms with Gasteiger partial charge in [0.2, 0.25) is 0 Å². The van der Waals surface area contributed by atoms with Crippen LogP contribution < -0.4 is 5.32 Å². The van der Waals surface area contributed by atoms with Gasteiger partial charge < -0.3 is 9.84 Å². The van der Waals surface area contributed by atoms with E-state index in [2.05, 4.69) is 25.7 Å². The van der Waals surface area contributed by atoms with Gasteiger partial charge >= 0.3 is 0 Å². The van der Waals surface area contributed by atoms with E-state index in [1.165, 1.54) is 24.5 Å². The minimum atomic E-state index is -0.400. The highest BCUT2D eigenvalue weighted by Gasteiger charge is 2.13. The maximum atomic E-state index is 12.8. The molecule has 0 spiro atoms. The Balaban J connectivity index is 1.69. The maximum Gasteiger partial charge on any atom is 0.273 e. The zero-order chi connectivity index (χ0) is 14.7. The molecule has 106 valence electrons. The van der Waals surface area contributed by atoms with Crippen LogP contribution in [0.1, 0.15) is 16.3 Å². The first-order valence-corrected chi connectivity index (χ1v) is 6.07. The number of aromatic nitrogens is 4. The normalized spacial score (nSPS) is 10.5. The number of nitrogens with zero attached hydrogens (tertiary/aromatic N) is 3. The molecule has 0 radical (unpaired) electrons. The molecule has 2 heterocycles. The number of halogens is 1. The van der Waals surface area contributed by atoms with Gasteiger partial charge in [0, 0.05) is 11.6 Å². The highest BCUT2D eigenvalue weighted by molar-refractivity contribution is 5.92. The summed E-state index contributed by atoms with van der Waals surface area (Å²) in [6, 6.07) is 7.20. The number of hydrogen-bond acceptors (Lipinski definition) is 5. The minimum absolute atomic E-state index is 0.133. The molecule has 3 aromatic rings. The average Bonchev–Trinajstić information content (AvgIpc) is 3.17. The third-order valence-corrected chi connectivity index (χ3v) is 2.75. The summed E-state index contributed by atoms with van der Waals surface area (Å²) in [6.45, 7) is 0.206. The van der Waals surface area contributed by atoms with E-state index < -0.39 is 5.91 Å². The van der Waals surface area contributed by atoms with Gasteiger partial charge in [-0.1, -0.05) is 5.16 Å². The van der Waals surface area contributed by atoms with Gasteiger partial charge in [0.1, 0.15) is 18.0 Å². The van der Waals surface area contributed by atoms with Gasteiger partial charge in [0.25, 0.3) is 5.91 Å². The van der Waals surface area contributed by atoms with Crippen LogP contribution in [0.4, 0.5) is 4.39 Å². The summed E-state index contributed by atoms with van der Waals surface area (Å²) in [6.07, 6.45) is 1.35. The van der Waals surface area contributed by atoms with Gasteiger partial charge in [-0.25, -0.2) is 9.37 Å². The molecule has 0 aliphatic carbocycles. The summed E-state index contributed by atoms with van der Waals surface area (Å²) >= 11 is 0. The van der Waals surface area contributed by atoms with E-state index in [4.69, 9.17) is 4.52 Å². The van der Waals surface area contributed by atoms with Crippen LogP contribution in [0.25, 0.3) is 11.3 Å². The van der Waals surface area contributed by atoms with Crippen molar-refractivity contribution in [3.8, 4) is 11.3 Å². The van der Waals surface area contributed by atoms with Gasteiger partial charge in [0.05, 0.1) is 6.54 Å². The van der Waals surface area contributed by atoms with Gasteiger partial charge in [-0.05, 0) is 24.3 Å². The number of carbonyl (C=O) groups excluding carboxylic acids is 1. The summed E-state index contributed by atoms with van der Waals surface area (Å²) in [5, 5.41) is 12.6. The lowest BCUT2D eigenvalue weighted by atomic mass is 10.1. The van der Waals surface area contributed by atoms with Crippen LogP contribution in [0.5, 0.6) is 0 Å². The second-order valence-electron chi connectivity index (χ2n) is 4.20. The first-order valence-electron chi connectivity index (χ1n) is 6.07. The fraction of sp³-hybridized carbons (Fsp3) is 0.0769. The summed E-state index contributed by atoms with van der Waals surface area (Å²) < 4.78 is 17.9. The second-order valence-corrected chi connectivity index (χ2v) is 4.20. The molecule has 2 aromatic heterocycles. The lowest BCUT2D eigenvalue weighted by Gasteiger charge is -1.98. The molecule has 0 fully saturated rings. The molecule has 0 bridgehead atoms. The average molecular weight is 287 g/mol. The van der Waals surface area contributed by atoms with Crippen molar-refractivity contribution in [2.24, 2.45) is 0 Å². The largest absolute Gasteiger partial charge is 0.355 e. The van der Waals surface area contributed by atoms with E-state index in [9.17, 15) is 9.18 Å². The second kappa shape index (κ2) is 5.53. The van der Waals surface area contributed by atoms with Crippen molar-refractivity contribution in [3.63, 3.8) is 0 Å². The molecule has 2 N–H and O–H groups in total. The smallest absolute Gasteiger partial charge is 0.273 e. The Morgan fingerprint density at radius 3 is 2.86 bits per heavy atom. The molecule has 0 unspecified atom stereocenters. The molecule has 0 saturated heterocycles. The van der Waals surface area contributed by atoms with Crippen LogP contribution in [-0.4, -0.2) is 26.2 Å². The summed E-state index contributed by atoms with van der Waals surface area (Å²) in [7, 11) is 0. The van der Waals surface area contributed by atoms with E-state index in [1.54, 1.807) is 12.1 Å². The number of H-pyrrole nitrogens is 1. The van der Waals surface area contributed by atoms with Crippen LogP contribution in [0.2, 0.25) is 0 Å². The Hall–Kier alpha value is -3.03. The first-order chi connectivity index (χ1) is 10.2. The van der Waals surface area contributed by atoms with Crippen LogP contribution >= 0.6 is 0 Å². The Kier molecular flexibility index (Phi) is 3.42. The zero-order valence-electron chi connectivity index (χ0n) is 10.7. The number of aromatic amines is 1. The predicted octanol–water partition coefficient (Wildman–Crippen LogP) is 1.53. The summed E-state index contributed by atoms with van der Waals surface area (Å²) in [5.74, 6) is 0.178. The fourth-order valence-electron chi connectivity index (χ4n) is 1.70. The Morgan fingerprint density at radius 2 is 2.14 bits per heavy atom. The maximum absolute atomic E-state index is 12.8. The van der Waals surface area contributed by atoms with E-state index in [1.807, 2.05) is 0 Å². The number of hydrogen-bond donors (Lipinski definition) is 2. The van der Waals surface area contributed by atoms with Crippen molar-refractivity contribution < 1.29 is 13.7 Å². The van der Waals surface area contributed by atoms with E-state index in [-0.39, 0.29) is 18.1 Å². The molecule has 3 rings (SSSR count). The van der Waals surface area contributed by atoms with E-state index >= 15 is 0 Å². The third-order valence-electron chi connectivity index (χ3n) is 2.75. The topological polar surface area (TPSA) is 96.7 Å². The molecule has 0 saturated carbocycles. The van der Waals surface area contributed by atoms with E-state index in [0.717, 1.165) is 0 Å². The Labute approximate surface area is 118 Å². The fourth-order valence-corrected chi connectivity index (χ4v) is 1.70. The monoisotopic (exact) mass is 287 g/mol. The highest BCUT2D eigenvalue weighted by Crippen LogP contribution is 2.20. The van der Waals surface area contributed by atoms with Crippen molar-refractivity contribution in [2.75, 3.05) is 0 Å². The van der Waals surface area contributed by atoms with Crippen molar-refractivity contribution in [3.05, 3.63) is 54.0 Å². The molecule has 1 aromatic carbocycles.